The van der Waals surface area contributed by atoms with Crippen molar-refractivity contribution in [1.82, 2.24) is 0 Å². The second kappa shape index (κ2) is 6.02. The van der Waals surface area contributed by atoms with Crippen molar-refractivity contribution in [2.45, 2.75) is 20.0 Å². The molecule has 2 amide bonds. The number of halogens is 1. The molecule has 0 fully saturated rings. The molecular weight excluding hydrogens is 277 g/mol. The minimum atomic E-state index is -0.584. The molecule has 0 bridgehead atoms. The molecule has 0 saturated carbocycles. The lowest BCUT2D eigenvalue weighted by Crippen LogP contribution is -2.36. The summed E-state index contributed by atoms with van der Waals surface area (Å²) in [6, 6.07) is 5.55. The number of nitrogens with two attached hydrogens (primary N) is 2. The van der Waals surface area contributed by atoms with Gasteiger partial charge in [-0.05, 0) is 47.7 Å². The number of urea groups is 1. The van der Waals surface area contributed by atoms with E-state index in [1.807, 2.05) is 18.4 Å². The Kier molecular flexibility index (Phi) is 4.36. The number of amides is 2. The summed E-state index contributed by atoms with van der Waals surface area (Å²) in [5, 5.41) is 1.96. The molecule has 2 rings (SSSR count). The van der Waals surface area contributed by atoms with Crippen LogP contribution in [0.1, 0.15) is 16.0 Å². The molecule has 0 radical (unpaired) electrons. The standard InChI is InChI=1S/C14H16FN3OS/c1-9-4-5-20-13(9)8-18(14(17)19)12-3-2-11(15)6-10(12)7-16/h2-6H,7-8,16H2,1H3,(H2,17,19). The maximum atomic E-state index is 13.3. The molecule has 0 aliphatic rings. The average molecular weight is 293 g/mol. The number of aryl methyl sites for hydroxylation is 1. The number of hydrogen-bond donors (Lipinski definition) is 2. The SMILES string of the molecule is Cc1ccsc1CN(C(N)=O)c1ccc(F)cc1CN. The minimum Gasteiger partial charge on any atom is -0.351 e. The Morgan fingerprint density at radius 1 is 1.40 bits per heavy atom. The number of carbonyl (C=O) groups excluding carboxylic acids is 1. The van der Waals surface area contributed by atoms with E-state index in [-0.39, 0.29) is 12.4 Å². The van der Waals surface area contributed by atoms with Gasteiger partial charge in [0.25, 0.3) is 0 Å². The molecule has 0 aliphatic heterocycles. The topological polar surface area (TPSA) is 72.3 Å². The van der Waals surface area contributed by atoms with Gasteiger partial charge in [-0.25, -0.2) is 9.18 Å². The molecule has 0 spiro atoms. The molecule has 1 heterocycles. The summed E-state index contributed by atoms with van der Waals surface area (Å²) < 4.78 is 13.3. The third kappa shape index (κ3) is 2.97. The van der Waals surface area contributed by atoms with E-state index in [4.69, 9.17) is 11.5 Å². The van der Waals surface area contributed by atoms with Crippen LogP contribution < -0.4 is 16.4 Å². The first-order valence-corrected chi connectivity index (χ1v) is 6.99. The Hall–Kier alpha value is -1.92. The second-order valence-corrected chi connectivity index (χ2v) is 5.43. The van der Waals surface area contributed by atoms with Gasteiger partial charge < -0.3 is 11.5 Å². The second-order valence-electron chi connectivity index (χ2n) is 4.43. The molecule has 2 aromatic rings. The van der Waals surface area contributed by atoms with Gasteiger partial charge in [-0.15, -0.1) is 11.3 Å². The van der Waals surface area contributed by atoms with Gasteiger partial charge >= 0.3 is 6.03 Å². The van der Waals surface area contributed by atoms with Gasteiger partial charge in [0.2, 0.25) is 0 Å². The van der Waals surface area contributed by atoms with E-state index in [0.717, 1.165) is 10.4 Å². The van der Waals surface area contributed by atoms with Gasteiger partial charge in [-0.1, -0.05) is 0 Å². The van der Waals surface area contributed by atoms with Crippen LogP contribution in [0.4, 0.5) is 14.9 Å². The summed E-state index contributed by atoms with van der Waals surface area (Å²) in [7, 11) is 0. The molecule has 0 saturated heterocycles. The van der Waals surface area contributed by atoms with E-state index in [2.05, 4.69) is 0 Å². The quantitative estimate of drug-likeness (QED) is 0.909. The number of rotatable bonds is 4. The van der Waals surface area contributed by atoms with Crippen LogP contribution in [0.3, 0.4) is 0 Å². The molecule has 4 nitrogen and oxygen atoms in total. The summed E-state index contributed by atoms with van der Waals surface area (Å²) >= 11 is 1.55. The summed E-state index contributed by atoms with van der Waals surface area (Å²) in [5.41, 5.74) is 13.3. The van der Waals surface area contributed by atoms with Crippen molar-refractivity contribution in [2.24, 2.45) is 11.5 Å². The Bertz CT molecular complexity index is 627. The number of benzene rings is 1. The predicted molar refractivity (Wildman–Crippen MR) is 79.1 cm³/mol. The highest BCUT2D eigenvalue weighted by Crippen LogP contribution is 2.26. The number of nitrogens with zero attached hydrogens (tertiary/aromatic N) is 1. The summed E-state index contributed by atoms with van der Waals surface area (Å²) in [6.07, 6.45) is 0. The largest absolute Gasteiger partial charge is 0.351 e. The fourth-order valence-electron chi connectivity index (χ4n) is 1.97. The first-order chi connectivity index (χ1) is 9.52. The zero-order chi connectivity index (χ0) is 14.7. The van der Waals surface area contributed by atoms with E-state index in [1.165, 1.54) is 23.1 Å². The molecule has 4 N–H and O–H groups in total. The molecule has 0 unspecified atom stereocenters. The van der Waals surface area contributed by atoms with Crippen molar-refractivity contribution in [1.29, 1.82) is 0 Å². The maximum absolute atomic E-state index is 13.3. The number of carbonyl (C=O) groups is 1. The van der Waals surface area contributed by atoms with Crippen LogP contribution in [0.2, 0.25) is 0 Å². The summed E-state index contributed by atoms with van der Waals surface area (Å²) in [6.45, 7) is 2.47. The molecule has 0 atom stereocenters. The minimum absolute atomic E-state index is 0.139. The Morgan fingerprint density at radius 3 is 2.70 bits per heavy atom. The first-order valence-electron chi connectivity index (χ1n) is 6.11. The van der Waals surface area contributed by atoms with Gasteiger partial charge in [-0.2, -0.15) is 0 Å². The van der Waals surface area contributed by atoms with Crippen molar-refractivity contribution in [3.8, 4) is 0 Å². The molecule has 106 valence electrons. The lowest BCUT2D eigenvalue weighted by molar-refractivity contribution is 0.253. The third-order valence-electron chi connectivity index (χ3n) is 3.09. The third-order valence-corrected chi connectivity index (χ3v) is 4.10. The monoisotopic (exact) mass is 293 g/mol. The Labute approximate surface area is 120 Å². The maximum Gasteiger partial charge on any atom is 0.319 e. The van der Waals surface area contributed by atoms with E-state index in [0.29, 0.717) is 17.8 Å². The number of primary amides is 1. The van der Waals surface area contributed by atoms with E-state index < -0.39 is 6.03 Å². The average Bonchev–Trinajstić information content (AvgIpc) is 2.81. The van der Waals surface area contributed by atoms with Gasteiger partial charge in [0.1, 0.15) is 5.82 Å². The zero-order valence-corrected chi connectivity index (χ0v) is 11.9. The molecule has 6 heteroatoms. The lowest BCUT2D eigenvalue weighted by Gasteiger charge is -2.23. The van der Waals surface area contributed by atoms with Crippen molar-refractivity contribution >= 4 is 23.1 Å². The van der Waals surface area contributed by atoms with Gasteiger partial charge in [0, 0.05) is 11.4 Å². The lowest BCUT2D eigenvalue weighted by atomic mass is 10.1. The molecule has 0 aliphatic carbocycles. The smallest absolute Gasteiger partial charge is 0.319 e. The van der Waals surface area contributed by atoms with E-state index in [9.17, 15) is 9.18 Å². The van der Waals surface area contributed by atoms with Crippen LogP contribution in [-0.4, -0.2) is 6.03 Å². The van der Waals surface area contributed by atoms with Crippen LogP contribution in [0.15, 0.2) is 29.6 Å². The van der Waals surface area contributed by atoms with Crippen LogP contribution in [0, 0.1) is 12.7 Å². The van der Waals surface area contributed by atoms with Crippen LogP contribution in [0.25, 0.3) is 0 Å². The van der Waals surface area contributed by atoms with Crippen molar-refractivity contribution in [3.05, 3.63) is 51.5 Å². The molecule has 1 aromatic carbocycles. The Balaban J connectivity index is 2.39. The van der Waals surface area contributed by atoms with Gasteiger partial charge in [0.15, 0.2) is 0 Å². The highest BCUT2D eigenvalue weighted by molar-refractivity contribution is 7.10. The van der Waals surface area contributed by atoms with E-state index >= 15 is 0 Å². The summed E-state index contributed by atoms with van der Waals surface area (Å²) in [4.78, 5) is 14.2. The van der Waals surface area contributed by atoms with Crippen LogP contribution in [-0.2, 0) is 13.1 Å². The van der Waals surface area contributed by atoms with Crippen molar-refractivity contribution in [3.63, 3.8) is 0 Å². The fourth-order valence-corrected chi connectivity index (χ4v) is 2.87. The molecule has 20 heavy (non-hydrogen) atoms. The highest BCUT2D eigenvalue weighted by atomic mass is 32.1. The van der Waals surface area contributed by atoms with Gasteiger partial charge in [0.05, 0.1) is 12.2 Å². The van der Waals surface area contributed by atoms with Crippen LogP contribution in [0.5, 0.6) is 0 Å². The predicted octanol–water partition coefficient (Wildman–Crippen LogP) is 2.74. The van der Waals surface area contributed by atoms with Crippen molar-refractivity contribution in [2.75, 3.05) is 4.90 Å². The molecule has 1 aromatic heterocycles. The fraction of sp³-hybridized carbons (Fsp3) is 0.214. The molecular formula is C14H16FN3OS. The highest BCUT2D eigenvalue weighted by Gasteiger charge is 2.18. The number of hydrogen-bond acceptors (Lipinski definition) is 3. The zero-order valence-electron chi connectivity index (χ0n) is 11.1. The van der Waals surface area contributed by atoms with Crippen LogP contribution >= 0.6 is 11.3 Å². The van der Waals surface area contributed by atoms with Crippen molar-refractivity contribution < 1.29 is 9.18 Å². The normalized spacial score (nSPS) is 10.6. The van der Waals surface area contributed by atoms with Gasteiger partial charge in [-0.3, -0.25) is 4.90 Å². The Morgan fingerprint density at radius 2 is 2.15 bits per heavy atom. The number of anilines is 1. The summed E-state index contributed by atoms with van der Waals surface area (Å²) in [5.74, 6) is -0.383. The number of thiophene rings is 1. The first kappa shape index (κ1) is 14.5. The van der Waals surface area contributed by atoms with E-state index in [1.54, 1.807) is 11.3 Å².